The van der Waals surface area contributed by atoms with Crippen LogP contribution in [-0.2, 0) is 20.9 Å². The van der Waals surface area contributed by atoms with Crippen molar-refractivity contribution in [1.29, 1.82) is 0 Å². The monoisotopic (exact) mass is 500 g/mol. The number of esters is 1. The third-order valence-electron chi connectivity index (χ3n) is 5.20. The summed E-state index contributed by atoms with van der Waals surface area (Å²) < 4.78 is 6.96. The maximum atomic E-state index is 12.6. The average Bonchev–Trinajstić information content (AvgIpc) is 3.15. The molecule has 0 bridgehead atoms. The quantitative estimate of drug-likeness (QED) is 0.146. The molecule has 0 spiro atoms. The highest BCUT2D eigenvalue weighted by molar-refractivity contribution is 9.09. The maximum absolute atomic E-state index is 12.6. The van der Waals surface area contributed by atoms with Crippen LogP contribution in [0.1, 0.15) is 32.6 Å². The molecule has 3 rings (SSSR count). The minimum absolute atomic E-state index is 0.0362. The van der Waals surface area contributed by atoms with Gasteiger partial charge in [0, 0.05) is 59.4 Å². The van der Waals surface area contributed by atoms with Gasteiger partial charge in [0.15, 0.2) is 0 Å². The first-order valence-electron chi connectivity index (χ1n) is 10.5. The first-order chi connectivity index (χ1) is 15.4. The van der Waals surface area contributed by atoms with Gasteiger partial charge in [0.2, 0.25) is 0 Å². The van der Waals surface area contributed by atoms with Crippen molar-refractivity contribution in [2.24, 2.45) is 0 Å². The zero-order valence-electron chi connectivity index (χ0n) is 17.8. The van der Waals surface area contributed by atoms with Crippen molar-refractivity contribution in [2.45, 2.75) is 44.0 Å². The van der Waals surface area contributed by atoms with Crippen LogP contribution < -0.4 is 0 Å². The lowest BCUT2D eigenvalue weighted by atomic mass is 10.1. The number of aromatic nitrogens is 1. The molecule has 3 aromatic rings. The van der Waals surface area contributed by atoms with Crippen LogP contribution >= 0.6 is 15.9 Å². The number of carbonyl (C=O) groups is 2. The highest BCUT2D eigenvalue weighted by Crippen LogP contribution is 2.31. The normalized spacial score (nSPS) is 11.9. The molecule has 0 aliphatic carbocycles. The fourth-order valence-corrected chi connectivity index (χ4v) is 4.25. The molecule has 1 aromatic heterocycles. The van der Waals surface area contributed by atoms with E-state index in [1.54, 1.807) is 19.1 Å². The molecule has 7 nitrogen and oxygen atoms in total. The number of nitrogens with zero attached hydrogens (tertiary/aromatic N) is 2. The summed E-state index contributed by atoms with van der Waals surface area (Å²) in [7, 11) is 0. The number of ketones is 1. The lowest BCUT2D eigenvalue weighted by molar-refractivity contribution is -0.384. The Labute approximate surface area is 194 Å². The van der Waals surface area contributed by atoms with E-state index >= 15 is 0 Å². The Balaban J connectivity index is 1.75. The Kier molecular flexibility index (Phi) is 8.16. The second kappa shape index (κ2) is 11.0. The lowest BCUT2D eigenvalue weighted by Crippen LogP contribution is -2.13. The molecule has 0 saturated carbocycles. The van der Waals surface area contributed by atoms with E-state index in [0.29, 0.717) is 32.4 Å². The Morgan fingerprint density at radius 2 is 1.88 bits per heavy atom. The number of carbonyl (C=O) groups excluding carboxylic acids is 2. The van der Waals surface area contributed by atoms with Crippen molar-refractivity contribution < 1.29 is 19.2 Å². The number of benzene rings is 2. The van der Waals surface area contributed by atoms with Crippen LogP contribution in [-0.4, -0.2) is 32.7 Å². The van der Waals surface area contributed by atoms with Crippen molar-refractivity contribution >= 4 is 44.3 Å². The molecular weight excluding hydrogens is 476 g/mol. The molecule has 2 aromatic carbocycles. The van der Waals surface area contributed by atoms with Gasteiger partial charge in [-0.2, -0.15) is 0 Å². The van der Waals surface area contributed by atoms with Gasteiger partial charge < -0.3 is 9.30 Å². The van der Waals surface area contributed by atoms with Crippen LogP contribution in [0.5, 0.6) is 0 Å². The molecule has 0 amide bonds. The van der Waals surface area contributed by atoms with Gasteiger partial charge in [-0.1, -0.05) is 46.3 Å². The number of halogens is 1. The zero-order chi connectivity index (χ0) is 23.1. The summed E-state index contributed by atoms with van der Waals surface area (Å²) >= 11 is 3.49. The SMILES string of the molecule is CCOC(=O)CCC(Br)CC(=O)CCn1c(-c2ccccc2)cc2cc([N+](=O)[O-])ccc21. The molecule has 168 valence electrons. The van der Waals surface area contributed by atoms with E-state index in [1.807, 2.05) is 41.0 Å². The largest absolute Gasteiger partial charge is 0.466 e. The number of ether oxygens (including phenoxy) is 1. The van der Waals surface area contributed by atoms with Crippen molar-refractivity contribution in [3.05, 3.63) is 64.7 Å². The van der Waals surface area contributed by atoms with Crippen molar-refractivity contribution in [2.75, 3.05) is 6.61 Å². The summed E-state index contributed by atoms with van der Waals surface area (Å²) in [6.45, 7) is 2.57. The molecular formula is C24H25BrN2O5. The van der Waals surface area contributed by atoms with Crippen LogP contribution in [0.4, 0.5) is 5.69 Å². The van der Waals surface area contributed by atoms with E-state index in [1.165, 1.54) is 6.07 Å². The number of hydrogen-bond acceptors (Lipinski definition) is 5. The molecule has 0 aliphatic rings. The van der Waals surface area contributed by atoms with Crippen molar-refractivity contribution in [3.63, 3.8) is 0 Å². The molecule has 0 N–H and O–H groups in total. The number of Topliss-reactive ketones (excluding diaryl/α,β-unsaturated/α-hetero) is 1. The summed E-state index contributed by atoms with van der Waals surface area (Å²) in [6.07, 6.45) is 1.46. The van der Waals surface area contributed by atoms with E-state index in [9.17, 15) is 19.7 Å². The topological polar surface area (TPSA) is 91.4 Å². The van der Waals surface area contributed by atoms with Gasteiger partial charge in [0.1, 0.15) is 5.78 Å². The number of alkyl halides is 1. The third kappa shape index (κ3) is 6.03. The number of nitro benzene ring substituents is 1. The number of non-ortho nitro benzene ring substituents is 1. The van der Waals surface area contributed by atoms with Gasteiger partial charge >= 0.3 is 5.97 Å². The summed E-state index contributed by atoms with van der Waals surface area (Å²) in [5, 5.41) is 11.9. The number of rotatable bonds is 11. The number of aryl methyl sites for hydroxylation is 1. The fourth-order valence-electron chi connectivity index (χ4n) is 3.66. The first-order valence-corrected chi connectivity index (χ1v) is 11.4. The Hall–Kier alpha value is -3.00. The summed E-state index contributed by atoms with van der Waals surface area (Å²) in [4.78, 5) is 34.8. The van der Waals surface area contributed by atoms with Gasteiger partial charge in [-0.05, 0) is 31.0 Å². The maximum Gasteiger partial charge on any atom is 0.305 e. The summed E-state index contributed by atoms with van der Waals surface area (Å²) in [5.41, 5.74) is 2.77. The second-order valence-electron chi connectivity index (χ2n) is 7.48. The highest BCUT2D eigenvalue weighted by Gasteiger charge is 2.17. The van der Waals surface area contributed by atoms with E-state index in [-0.39, 0.29) is 28.7 Å². The van der Waals surface area contributed by atoms with Gasteiger partial charge in [-0.3, -0.25) is 19.7 Å². The predicted molar refractivity (Wildman–Crippen MR) is 127 cm³/mol. The molecule has 32 heavy (non-hydrogen) atoms. The van der Waals surface area contributed by atoms with Gasteiger partial charge in [-0.25, -0.2) is 0 Å². The molecule has 1 atom stereocenters. The van der Waals surface area contributed by atoms with Gasteiger partial charge in [0.25, 0.3) is 5.69 Å². The van der Waals surface area contributed by atoms with Crippen LogP contribution in [0.3, 0.4) is 0 Å². The zero-order valence-corrected chi connectivity index (χ0v) is 19.4. The molecule has 0 saturated heterocycles. The standard InChI is InChI=1S/C24H25BrN2O5/c1-2-32-24(29)11-8-19(25)16-21(28)12-13-26-22-10-9-20(27(30)31)14-18(22)15-23(26)17-6-4-3-5-7-17/h3-7,9-10,14-15,19H,2,8,11-13,16H2,1H3. The minimum Gasteiger partial charge on any atom is -0.466 e. The van der Waals surface area contributed by atoms with Gasteiger partial charge in [0.05, 0.1) is 11.5 Å². The molecule has 0 aliphatic heterocycles. The summed E-state index contributed by atoms with van der Waals surface area (Å²) in [6, 6.07) is 16.5. The Morgan fingerprint density at radius 1 is 1.12 bits per heavy atom. The van der Waals surface area contributed by atoms with Crippen LogP contribution in [0.2, 0.25) is 0 Å². The summed E-state index contributed by atoms with van der Waals surface area (Å²) in [5.74, 6) is -0.177. The second-order valence-corrected chi connectivity index (χ2v) is 8.78. The van der Waals surface area contributed by atoms with E-state index in [4.69, 9.17) is 4.74 Å². The average molecular weight is 501 g/mol. The van der Waals surface area contributed by atoms with Crippen LogP contribution in [0.25, 0.3) is 22.2 Å². The molecule has 1 unspecified atom stereocenters. The van der Waals surface area contributed by atoms with E-state index in [2.05, 4.69) is 15.9 Å². The number of hydrogen-bond donors (Lipinski definition) is 0. The first kappa shape index (κ1) is 23.7. The number of fused-ring (bicyclic) bond motifs is 1. The Morgan fingerprint density at radius 3 is 2.56 bits per heavy atom. The van der Waals surface area contributed by atoms with E-state index < -0.39 is 4.92 Å². The van der Waals surface area contributed by atoms with E-state index in [0.717, 1.165) is 22.2 Å². The smallest absolute Gasteiger partial charge is 0.305 e. The highest BCUT2D eigenvalue weighted by atomic mass is 79.9. The van der Waals surface area contributed by atoms with Crippen LogP contribution in [0.15, 0.2) is 54.6 Å². The van der Waals surface area contributed by atoms with Gasteiger partial charge in [-0.15, -0.1) is 0 Å². The molecule has 0 fully saturated rings. The molecule has 8 heteroatoms. The van der Waals surface area contributed by atoms with Crippen molar-refractivity contribution in [1.82, 2.24) is 4.57 Å². The fraction of sp³-hybridized carbons (Fsp3) is 0.333. The predicted octanol–water partition coefficient (Wildman–Crippen LogP) is 5.67. The minimum atomic E-state index is -0.408. The van der Waals surface area contributed by atoms with Crippen LogP contribution in [0, 0.1) is 10.1 Å². The Bertz CT molecular complexity index is 1110. The number of nitro groups is 1. The molecule has 0 radical (unpaired) electrons. The molecule has 1 heterocycles. The lowest BCUT2D eigenvalue weighted by Gasteiger charge is -2.12. The van der Waals surface area contributed by atoms with Crippen molar-refractivity contribution in [3.8, 4) is 11.3 Å². The third-order valence-corrected chi connectivity index (χ3v) is 5.98.